The molecule has 3 N–H and O–H groups in total. The van der Waals surface area contributed by atoms with Crippen LogP contribution in [0.3, 0.4) is 0 Å². The van der Waals surface area contributed by atoms with Gasteiger partial charge in [-0.05, 0) is 37.5 Å². The lowest BCUT2D eigenvalue weighted by atomic mass is 9.99. The zero-order chi connectivity index (χ0) is 65.7. The van der Waals surface area contributed by atoms with E-state index in [-0.39, 0.29) is 25.7 Å². The molecule has 0 radical (unpaired) electrons. The molecule has 19 heteroatoms. The summed E-state index contributed by atoms with van der Waals surface area (Å²) < 4.78 is 68.2. The van der Waals surface area contributed by atoms with Crippen molar-refractivity contribution >= 4 is 39.5 Å². The molecule has 0 aliphatic heterocycles. The molecule has 89 heavy (non-hydrogen) atoms. The van der Waals surface area contributed by atoms with Crippen LogP contribution in [0.1, 0.15) is 356 Å². The maximum Gasteiger partial charge on any atom is 0.472 e. The van der Waals surface area contributed by atoms with Gasteiger partial charge in [0.15, 0.2) is 12.2 Å². The van der Waals surface area contributed by atoms with Crippen LogP contribution in [0.4, 0.5) is 0 Å². The van der Waals surface area contributed by atoms with E-state index in [0.717, 1.165) is 108 Å². The number of esters is 4. The Morgan fingerprint density at radius 1 is 0.326 bits per heavy atom. The van der Waals surface area contributed by atoms with Crippen LogP contribution in [-0.4, -0.2) is 96.7 Å². The first-order valence-corrected chi connectivity index (χ1v) is 39.5. The Hall–Kier alpha value is -1.94. The first kappa shape index (κ1) is 87.1. The lowest BCUT2D eigenvalue weighted by Gasteiger charge is -2.21. The van der Waals surface area contributed by atoms with Gasteiger partial charge >= 0.3 is 39.5 Å². The smallest absolute Gasteiger partial charge is 0.462 e. The topological polar surface area (TPSA) is 237 Å². The summed E-state index contributed by atoms with van der Waals surface area (Å²) in [5.41, 5.74) is 0. The molecule has 0 aliphatic rings. The van der Waals surface area contributed by atoms with Crippen LogP contribution in [0.5, 0.6) is 0 Å². The summed E-state index contributed by atoms with van der Waals surface area (Å²) in [5, 5.41) is 10.6. The summed E-state index contributed by atoms with van der Waals surface area (Å²) in [5.74, 6) is -0.580. The number of carbonyl (C=O) groups excluding carboxylic acids is 4. The molecule has 0 saturated carbocycles. The normalized spacial score (nSPS) is 14.4. The van der Waals surface area contributed by atoms with E-state index in [4.69, 9.17) is 37.0 Å². The van der Waals surface area contributed by atoms with Gasteiger partial charge in [-0.2, -0.15) is 0 Å². The third kappa shape index (κ3) is 63.2. The molecule has 3 unspecified atom stereocenters. The number of phosphoric ester groups is 2. The largest absolute Gasteiger partial charge is 0.472 e. The van der Waals surface area contributed by atoms with Crippen molar-refractivity contribution in [1.82, 2.24) is 0 Å². The van der Waals surface area contributed by atoms with Crippen LogP contribution >= 0.6 is 15.6 Å². The second-order valence-corrected chi connectivity index (χ2v) is 28.9. The molecule has 0 saturated heterocycles. The molecule has 0 aromatic carbocycles. The SMILES string of the molecule is CCCCCCCCCCCCCCCCC(=O)OC[C@H](COP(=O)(O)OC[C@@H](O)COP(=O)(O)OC[C@@H](COC(=O)CCCCCCCCCC)OC(=O)CCCCCCCCCCC(C)CC)OC(=O)CCCCCCCCCCCCCCC(C)C. The van der Waals surface area contributed by atoms with Gasteiger partial charge in [-0.25, -0.2) is 9.13 Å². The summed E-state index contributed by atoms with van der Waals surface area (Å²) in [6, 6.07) is 0. The van der Waals surface area contributed by atoms with E-state index in [2.05, 4.69) is 41.5 Å². The third-order valence-corrected chi connectivity index (χ3v) is 18.5. The lowest BCUT2D eigenvalue weighted by molar-refractivity contribution is -0.161. The van der Waals surface area contributed by atoms with E-state index >= 15 is 0 Å². The molecule has 0 aromatic heterocycles. The maximum atomic E-state index is 13.0. The van der Waals surface area contributed by atoms with E-state index in [1.165, 1.54) is 167 Å². The fourth-order valence-electron chi connectivity index (χ4n) is 10.6. The Morgan fingerprint density at radius 2 is 0.573 bits per heavy atom. The zero-order valence-electron chi connectivity index (χ0n) is 57.7. The van der Waals surface area contributed by atoms with Crippen LogP contribution in [0, 0.1) is 11.8 Å². The molecular weight excluding hydrogens is 1170 g/mol. The molecule has 0 amide bonds. The minimum Gasteiger partial charge on any atom is -0.462 e. The number of phosphoric acid groups is 2. The molecule has 0 aromatic rings. The Morgan fingerprint density at radius 3 is 0.854 bits per heavy atom. The number of unbranched alkanes of at least 4 members (excludes halogenated alkanes) is 38. The fourth-order valence-corrected chi connectivity index (χ4v) is 12.1. The highest BCUT2D eigenvalue weighted by atomic mass is 31.2. The summed E-state index contributed by atoms with van der Waals surface area (Å²) in [6.45, 7) is 9.53. The first-order chi connectivity index (χ1) is 42.9. The molecule has 0 fully saturated rings. The molecule has 0 bridgehead atoms. The standard InChI is InChI=1S/C70H136O17P2/c1-7-10-12-14-16-18-19-20-21-25-28-35-41-47-53-68(73)81-59-66(86-69(74)54-48-42-36-29-26-23-22-24-27-32-38-44-50-62(4)5)61-85-89(78,79)83-57-64(71)56-82-88(76,77)84-60-65(58-80-67(72)52-46-40-34-17-15-13-11-8-2)87-70(75)55-49-43-37-31-30-33-39-45-51-63(6)9-3/h62-66,71H,7-61H2,1-6H3,(H,76,77)(H,78,79)/t63?,64-,65+,66+/m0/s1. The number of aliphatic hydroxyl groups is 1. The fraction of sp³-hybridized carbons (Fsp3) is 0.943. The Balaban J connectivity index is 5.23. The molecule has 0 heterocycles. The summed E-state index contributed by atoms with van der Waals surface area (Å²) >= 11 is 0. The number of carbonyl (C=O) groups is 4. The van der Waals surface area contributed by atoms with Crippen molar-refractivity contribution in [2.24, 2.45) is 11.8 Å². The van der Waals surface area contributed by atoms with Crippen molar-refractivity contribution < 1.29 is 80.2 Å². The van der Waals surface area contributed by atoms with Crippen molar-refractivity contribution in [2.75, 3.05) is 39.6 Å². The van der Waals surface area contributed by atoms with Gasteiger partial charge in [-0.15, -0.1) is 0 Å². The van der Waals surface area contributed by atoms with Crippen molar-refractivity contribution in [3.63, 3.8) is 0 Å². The Bertz CT molecular complexity index is 1740. The van der Waals surface area contributed by atoms with Crippen molar-refractivity contribution in [3.8, 4) is 0 Å². The zero-order valence-corrected chi connectivity index (χ0v) is 59.5. The second-order valence-electron chi connectivity index (χ2n) is 26.0. The number of hydrogen-bond acceptors (Lipinski definition) is 15. The molecule has 528 valence electrons. The van der Waals surface area contributed by atoms with Crippen molar-refractivity contribution in [1.29, 1.82) is 0 Å². The van der Waals surface area contributed by atoms with Gasteiger partial charge in [0.05, 0.1) is 26.4 Å². The van der Waals surface area contributed by atoms with Crippen LogP contribution in [0.15, 0.2) is 0 Å². The predicted octanol–water partition coefficient (Wildman–Crippen LogP) is 20.0. The summed E-state index contributed by atoms with van der Waals surface area (Å²) in [7, 11) is -9.90. The number of rotatable bonds is 69. The average molecular weight is 1310 g/mol. The van der Waals surface area contributed by atoms with Gasteiger partial charge in [0.1, 0.15) is 19.3 Å². The van der Waals surface area contributed by atoms with Gasteiger partial charge in [-0.3, -0.25) is 37.3 Å². The monoisotopic (exact) mass is 1310 g/mol. The highest BCUT2D eigenvalue weighted by Crippen LogP contribution is 2.45. The molecule has 0 spiro atoms. The van der Waals surface area contributed by atoms with E-state index in [1.807, 2.05) is 0 Å². The Kier molecular flexibility index (Phi) is 60.8. The molecule has 0 rings (SSSR count). The first-order valence-electron chi connectivity index (χ1n) is 36.5. The predicted molar refractivity (Wildman–Crippen MR) is 358 cm³/mol. The van der Waals surface area contributed by atoms with Crippen LogP contribution in [0.2, 0.25) is 0 Å². The number of aliphatic hydroxyl groups excluding tert-OH is 1. The van der Waals surface area contributed by atoms with Gasteiger partial charge in [-0.1, -0.05) is 305 Å². The third-order valence-electron chi connectivity index (χ3n) is 16.6. The van der Waals surface area contributed by atoms with E-state index < -0.39 is 97.5 Å². The van der Waals surface area contributed by atoms with Crippen LogP contribution in [-0.2, 0) is 65.4 Å². The maximum absolute atomic E-state index is 13.0. The Labute approximate surface area is 543 Å². The summed E-state index contributed by atoms with van der Waals surface area (Å²) in [6.07, 6.45) is 47.1. The molecule has 6 atom stereocenters. The van der Waals surface area contributed by atoms with Crippen molar-refractivity contribution in [2.45, 2.75) is 374 Å². The van der Waals surface area contributed by atoms with E-state index in [1.54, 1.807) is 0 Å². The van der Waals surface area contributed by atoms with E-state index in [9.17, 15) is 43.2 Å². The highest BCUT2D eigenvalue weighted by molar-refractivity contribution is 7.47. The molecule has 0 aliphatic carbocycles. The highest BCUT2D eigenvalue weighted by Gasteiger charge is 2.30. The van der Waals surface area contributed by atoms with Crippen molar-refractivity contribution in [3.05, 3.63) is 0 Å². The van der Waals surface area contributed by atoms with Crippen LogP contribution in [0.25, 0.3) is 0 Å². The lowest BCUT2D eigenvalue weighted by Crippen LogP contribution is -2.30. The minimum atomic E-state index is -4.95. The summed E-state index contributed by atoms with van der Waals surface area (Å²) in [4.78, 5) is 72.5. The molecule has 17 nitrogen and oxygen atoms in total. The van der Waals surface area contributed by atoms with Gasteiger partial charge in [0, 0.05) is 25.7 Å². The quantitative estimate of drug-likeness (QED) is 0.0222. The van der Waals surface area contributed by atoms with Gasteiger partial charge < -0.3 is 33.8 Å². The average Bonchev–Trinajstić information content (AvgIpc) is 3.67. The van der Waals surface area contributed by atoms with Crippen LogP contribution < -0.4 is 0 Å². The number of ether oxygens (including phenoxy) is 4. The van der Waals surface area contributed by atoms with Gasteiger partial charge in [0.25, 0.3) is 0 Å². The van der Waals surface area contributed by atoms with E-state index in [0.29, 0.717) is 25.7 Å². The minimum absolute atomic E-state index is 0.105. The number of hydrogen-bond donors (Lipinski definition) is 3. The molecular formula is C70H136O17P2. The second kappa shape index (κ2) is 62.2. The van der Waals surface area contributed by atoms with Gasteiger partial charge in [0.2, 0.25) is 0 Å².